The van der Waals surface area contributed by atoms with Gasteiger partial charge in [-0.3, -0.25) is 4.72 Å². The summed E-state index contributed by atoms with van der Waals surface area (Å²) in [5.74, 6) is 2.27. The number of rotatable bonds is 3. The molecule has 1 aromatic carbocycles. The average molecular weight is 279 g/mol. The summed E-state index contributed by atoms with van der Waals surface area (Å²) in [5.41, 5.74) is 9.19. The van der Waals surface area contributed by atoms with Crippen LogP contribution >= 0.6 is 0 Å². The number of nitrogens with one attached hydrogen (secondary N) is 1. The number of benzene rings is 1. The summed E-state index contributed by atoms with van der Waals surface area (Å²) >= 11 is 0. The lowest BCUT2D eigenvalue weighted by Gasteiger charge is -2.19. The minimum atomic E-state index is -3.70. The van der Waals surface area contributed by atoms with E-state index in [1.54, 1.807) is 32.9 Å². The maximum absolute atomic E-state index is 12.2. The van der Waals surface area contributed by atoms with Gasteiger partial charge >= 0.3 is 5.87 Å². The molecule has 0 aliphatic heterocycles. The first-order chi connectivity index (χ1) is 8.66. The Morgan fingerprint density at radius 3 is 2.21 bits per heavy atom. The molecule has 1 aromatic rings. The normalized spacial score (nSPS) is 11.4. The van der Waals surface area contributed by atoms with Gasteiger partial charge in [-0.25, -0.2) is 8.42 Å². The smallest absolute Gasteiger partial charge is 0.322 e. The van der Waals surface area contributed by atoms with E-state index in [-0.39, 0.29) is 10.6 Å². The highest BCUT2D eigenvalue weighted by molar-refractivity contribution is 7.89. The summed E-state index contributed by atoms with van der Waals surface area (Å²) in [7, 11) is -3.70. The van der Waals surface area contributed by atoms with Crippen LogP contribution in [0.25, 0.3) is 5.53 Å². The zero-order chi connectivity index (χ0) is 14.7. The molecule has 0 spiro atoms. The Morgan fingerprint density at radius 2 is 1.79 bits per heavy atom. The molecule has 0 saturated carbocycles. The van der Waals surface area contributed by atoms with Crippen LogP contribution in [0.5, 0.6) is 0 Å². The Bertz CT molecular complexity index is 642. The Labute approximate surface area is 113 Å². The fourth-order valence-electron chi connectivity index (χ4n) is 1.30. The summed E-state index contributed by atoms with van der Waals surface area (Å²) in [6.45, 7) is 7.25. The third-order valence-corrected chi connectivity index (χ3v) is 3.85. The van der Waals surface area contributed by atoms with E-state index in [0.29, 0.717) is 0 Å². The van der Waals surface area contributed by atoms with Crippen molar-refractivity contribution in [1.29, 1.82) is 0 Å². The van der Waals surface area contributed by atoms with Gasteiger partial charge in [0.05, 0.1) is 4.90 Å². The second-order valence-corrected chi connectivity index (χ2v) is 6.94. The fraction of sp³-hybridized carbons (Fsp3) is 0.385. The topological polar surface area (TPSA) is 82.6 Å². The van der Waals surface area contributed by atoms with Crippen molar-refractivity contribution in [3.63, 3.8) is 0 Å². The maximum atomic E-state index is 12.2. The van der Waals surface area contributed by atoms with Crippen LogP contribution in [0.15, 0.2) is 34.9 Å². The monoisotopic (exact) mass is 279 g/mol. The predicted molar refractivity (Wildman–Crippen MR) is 73.1 cm³/mol. The first-order valence-electron chi connectivity index (χ1n) is 5.74. The third-order valence-electron chi connectivity index (χ3n) is 2.48. The summed E-state index contributed by atoms with van der Waals surface area (Å²) in [4.78, 5) is 2.93. The molecule has 0 fully saturated rings. The highest BCUT2D eigenvalue weighted by Gasteiger charge is 2.26. The van der Waals surface area contributed by atoms with Crippen LogP contribution in [-0.2, 0) is 10.0 Å². The van der Waals surface area contributed by atoms with Gasteiger partial charge in [0.1, 0.15) is 0 Å². The van der Waals surface area contributed by atoms with Gasteiger partial charge in [-0.2, -0.15) is 0 Å². The third kappa shape index (κ3) is 4.07. The molecule has 19 heavy (non-hydrogen) atoms. The van der Waals surface area contributed by atoms with Gasteiger partial charge in [-0.05, 0) is 19.1 Å². The molecule has 0 unspecified atom stereocenters. The lowest BCUT2D eigenvalue weighted by Crippen LogP contribution is -2.30. The first-order valence-corrected chi connectivity index (χ1v) is 7.22. The van der Waals surface area contributed by atoms with Gasteiger partial charge in [0.2, 0.25) is 0 Å². The highest BCUT2D eigenvalue weighted by Crippen LogP contribution is 2.22. The number of allylic oxidation sites excluding steroid dienone is 1. The van der Waals surface area contributed by atoms with E-state index in [1.807, 2.05) is 6.92 Å². The van der Waals surface area contributed by atoms with E-state index >= 15 is 0 Å². The number of hydrogen-bond acceptors (Lipinski definition) is 2. The van der Waals surface area contributed by atoms with Crippen molar-refractivity contribution >= 4 is 15.9 Å². The molecule has 5 nitrogen and oxygen atoms in total. The predicted octanol–water partition coefficient (Wildman–Crippen LogP) is 2.10. The maximum Gasteiger partial charge on any atom is 0.322 e. The van der Waals surface area contributed by atoms with Gasteiger partial charge in [0, 0.05) is 5.41 Å². The van der Waals surface area contributed by atoms with Gasteiger partial charge in [-0.15, -0.1) is 4.79 Å². The van der Waals surface area contributed by atoms with Crippen LogP contribution in [0.3, 0.4) is 0 Å². The molecule has 102 valence electrons. The lowest BCUT2D eigenvalue weighted by atomic mass is 9.93. The SMILES string of the molecule is Cc1ccc(S(=O)(=O)NC(=C=[N+]=[N-])C(C)(C)C)cc1. The quantitative estimate of drug-likeness (QED) is 0.522. The van der Waals surface area contributed by atoms with Gasteiger partial charge in [0.25, 0.3) is 10.0 Å². The van der Waals surface area contributed by atoms with E-state index in [9.17, 15) is 8.42 Å². The summed E-state index contributed by atoms with van der Waals surface area (Å²) in [5, 5.41) is 0. The number of hydrogen-bond donors (Lipinski definition) is 1. The Kier molecular flexibility index (Phi) is 4.32. The standard InChI is InChI=1S/C13H17N3O2S/c1-10-5-7-11(8-6-10)19(17,18)16-12(9-15-14)13(2,3)4/h5-8,16H,1-4H3. The molecule has 6 heteroatoms. The zero-order valence-electron chi connectivity index (χ0n) is 11.4. The lowest BCUT2D eigenvalue weighted by molar-refractivity contribution is 0.00659. The molecular formula is C13H17N3O2S. The van der Waals surface area contributed by atoms with Gasteiger partial charge in [-0.1, -0.05) is 38.5 Å². The summed E-state index contributed by atoms with van der Waals surface area (Å²) in [6.07, 6.45) is 0. The molecule has 0 atom stereocenters. The van der Waals surface area contributed by atoms with E-state index in [0.717, 1.165) is 5.56 Å². The summed E-state index contributed by atoms with van der Waals surface area (Å²) in [6, 6.07) is 6.48. The van der Waals surface area contributed by atoms with Crippen molar-refractivity contribution in [2.75, 3.05) is 0 Å². The zero-order valence-corrected chi connectivity index (χ0v) is 12.2. The first kappa shape index (κ1) is 15.2. The Morgan fingerprint density at radius 1 is 1.26 bits per heavy atom. The molecule has 0 aromatic heterocycles. The average Bonchev–Trinajstić information content (AvgIpc) is 2.27. The Balaban J connectivity index is 3.20. The van der Waals surface area contributed by atoms with Crippen LogP contribution in [0.4, 0.5) is 0 Å². The molecule has 1 N–H and O–H groups in total. The fourth-order valence-corrected chi connectivity index (χ4v) is 2.54. The number of sulfonamides is 1. The van der Waals surface area contributed by atoms with E-state index < -0.39 is 15.4 Å². The second kappa shape index (κ2) is 5.41. The largest absolute Gasteiger partial charge is 0.348 e. The van der Waals surface area contributed by atoms with Crippen molar-refractivity contribution in [1.82, 2.24) is 4.72 Å². The Hall–Kier alpha value is -1.87. The van der Waals surface area contributed by atoms with E-state index in [1.165, 1.54) is 12.1 Å². The highest BCUT2D eigenvalue weighted by atomic mass is 32.2. The summed E-state index contributed by atoms with van der Waals surface area (Å²) < 4.78 is 26.8. The minimum Gasteiger partial charge on any atom is -0.348 e. The molecule has 0 saturated heterocycles. The minimum absolute atomic E-state index is 0.152. The van der Waals surface area contributed by atoms with Crippen molar-refractivity contribution in [3.8, 4) is 0 Å². The van der Waals surface area contributed by atoms with E-state index in [2.05, 4.69) is 15.4 Å². The molecule has 0 radical (unpaired) electrons. The molecule has 0 bridgehead atoms. The van der Waals surface area contributed by atoms with Crippen molar-refractivity contribution in [3.05, 3.63) is 41.1 Å². The molecule has 0 amide bonds. The van der Waals surface area contributed by atoms with Crippen LogP contribution in [0.1, 0.15) is 26.3 Å². The van der Waals surface area contributed by atoms with Crippen LogP contribution in [0.2, 0.25) is 0 Å². The van der Waals surface area contributed by atoms with Gasteiger partial charge in [0.15, 0.2) is 5.70 Å². The number of aryl methyl sites for hydroxylation is 1. The molecular weight excluding hydrogens is 262 g/mol. The molecule has 0 heterocycles. The van der Waals surface area contributed by atoms with Crippen molar-refractivity contribution in [2.45, 2.75) is 32.6 Å². The molecule has 0 aliphatic carbocycles. The second-order valence-electron chi connectivity index (χ2n) is 5.26. The molecule has 0 aliphatic rings. The van der Waals surface area contributed by atoms with Gasteiger partial charge < -0.3 is 5.53 Å². The van der Waals surface area contributed by atoms with Crippen LogP contribution < -0.4 is 4.72 Å². The van der Waals surface area contributed by atoms with Crippen LogP contribution in [-0.4, -0.2) is 19.1 Å². The van der Waals surface area contributed by atoms with Crippen molar-refractivity contribution < 1.29 is 13.2 Å². The molecule has 1 rings (SSSR count). The number of nitrogens with zero attached hydrogens (tertiary/aromatic N) is 2. The van der Waals surface area contributed by atoms with Crippen LogP contribution in [0, 0.1) is 12.3 Å². The van der Waals surface area contributed by atoms with Crippen molar-refractivity contribution in [2.24, 2.45) is 5.41 Å². The van der Waals surface area contributed by atoms with E-state index in [4.69, 9.17) is 5.53 Å².